The number of hydrogen-bond acceptors (Lipinski definition) is 2. The second-order valence-electron chi connectivity index (χ2n) is 2.62. The lowest BCUT2D eigenvalue weighted by Crippen LogP contribution is -1.90. The highest BCUT2D eigenvalue weighted by atomic mass is 14.8. The summed E-state index contributed by atoms with van der Waals surface area (Å²) in [5.41, 5.74) is 5.05. The van der Waals surface area contributed by atoms with Crippen molar-refractivity contribution in [2.45, 2.75) is 32.6 Å². The molecule has 0 spiro atoms. The van der Waals surface area contributed by atoms with Crippen LogP contribution in [0.4, 0.5) is 0 Å². The van der Waals surface area contributed by atoms with Crippen LogP contribution in [0.1, 0.15) is 32.6 Å². The first-order valence-corrected chi connectivity index (χ1v) is 4.61. The molecule has 3 heteroatoms. The lowest BCUT2D eigenvalue weighted by molar-refractivity contribution is 0.675. The van der Waals surface area contributed by atoms with Crippen LogP contribution >= 0.6 is 0 Å². The van der Waals surface area contributed by atoms with E-state index in [1.54, 1.807) is 0 Å². The Morgan fingerprint density at radius 3 is 2.25 bits per heavy atom. The second-order valence-corrected chi connectivity index (χ2v) is 2.62. The van der Waals surface area contributed by atoms with E-state index in [4.69, 9.17) is 5.73 Å². The zero-order valence-corrected chi connectivity index (χ0v) is 8.64. The molecule has 0 aliphatic rings. The number of rotatable bonds is 5. The fourth-order valence-corrected chi connectivity index (χ4v) is 0.704. The van der Waals surface area contributed by atoms with E-state index < -0.39 is 0 Å². The Balaban J connectivity index is 0. The highest BCUT2D eigenvalue weighted by molar-refractivity contribution is 5.50. The van der Waals surface area contributed by atoms with Gasteiger partial charge in [-0.2, -0.15) is 0 Å². The van der Waals surface area contributed by atoms with Gasteiger partial charge < -0.3 is 11.1 Å². The second kappa shape index (κ2) is 16.8. The Hall–Kier alpha value is -0.570. The summed E-state index contributed by atoms with van der Waals surface area (Å²) in [5.74, 6) is 0. The van der Waals surface area contributed by atoms with E-state index in [1.165, 1.54) is 32.0 Å². The Bertz CT molecular complexity index is 81.8. The Morgan fingerprint density at radius 2 is 1.83 bits per heavy atom. The van der Waals surface area contributed by atoms with E-state index in [0.29, 0.717) is 0 Å². The molecule has 0 radical (unpaired) electrons. The fraction of sp³-hybridized carbons (Fsp3) is 0.889. The number of nitrogens with two attached hydrogens (primary N) is 1. The summed E-state index contributed by atoms with van der Waals surface area (Å²) in [6, 6.07) is 0. The summed E-state index contributed by atoms with van der Waals surface area (Å²) in [4.78, 5) is 3.90. The van der Waals surface area contributed by atoms with Gasteiger partial charge in [-0.1, -0.05) is 26.2 Å². The van der Waals surface area contributed by atoms with Gasteiger partial charge >= 0.3 is 0 Å². The number of nitrogens with one attached hydrogen (secondary N) is 1. The first-order valence-electron chi connectivity index (χ1n) is 4.61. The van der Waals surface area contributed by atoms with Crippen molar-refractivity contribution in [1.82, 2.24) is 5.32 Å². The van der Waals surface area contributed by atoms with Crippen LogP contribution in [-0.2, 0) is 0 Å². The van der Waals surface area contributed by atoms with Gasteiger partial charge in [0.15, 0.2) is 0 Å². The number of hydrogen-bond donors (Lipinski definition) is 2. The molecule has 0 heterocycles. The minimum atomic E-state index is 0.899. The molecule has 0 fully saturated rings. The van der Waals surface area contributed by atoms with Crippen LogP contribution in [-0.4, -0.2) is 27.0 Å². The fourth-order valence-electron chi connectivity index (χ4n) is 0.704. The molecule has 0 aliphatic carbocycles. The van der Waals surface area contributed by atoms with E-state index in [9.17, 15) is 0 Å². The smallest absolute Gasteiger partial charge is 0.0797 e. The molecule has 0 atom stereocenters. The predicted octanol–water partition coefficient (Wildman–Crippen LogP) is 1.39. The largest absolute Gasteiger partial charge is 0.390 e. The number of nitrogens with zero attached hydrogens (tertiary/aromatic N) is 1. The minimum absolute atomic E-state index is 0.899. The van der Waals surface area contributed by atoms with E-state index in [-0.39, 0.29) is 0 Å². The maximum absolute atomic E-state index is 5.05. The van der Waals surface area contributed by atoms with E-state index in [0.717, 1.165) is 6.54 Å². The lowest BCUT2D eigenvalue weighted by Gasteiger charge is -1.92. The molecule has 3 nitrogen and oxygen atoms in total. The molecule has 12 heavy (non-hydrogen) atoms. The monoisotopic (exact) mass is 173 g/mol. The molecule has 0 aromatic heterocycles. The van der Waals surface area contributed by atoms with Crippen molar-refractivity contribution in [3.05, 3.63) is 0 Å². The van der Waals surface area contributed by atoms with Crippen LogP contribution in [0.15, 0.2) is 4.99 Å². The summed E-state index contributed by atoms with van der Waals surface area (Å²) in [5, 5.41) is 2.75. The highest BCUT2D eigenvalue weighted by Gasteiger charge is 1.82. The van der Waals surface area contributed by atoms with Crippen LogP contribution in [0.2, 0.25) is 0 Å². The average Bonchev–Trinajstić information content (AvgIpc) is 2.06. The Kier molecular flexibility index (Phi) is 19.6. The topological polar surface area (TPSA) is 50.4 Å². The van der Waals surface area contributed by atoms with Gasteiger partial charge in [-0.25, -0.2) is 0 Å². The maximum atomic E-state index is 5.05. The van der Waals surface area contributed by atoms with Crippen molar-refractivity contribution in [3.8, 4) is 0 Å². The molecule has 0 saturated carbocycles. The lowest BCUT2D eigenvalue weighted by atomic mass is 10.2. The Morgan fingerprint density at radius 1 is 1.25 bits per heavy atom. The molecule has 0 unspecified atom stereocenters. The molecule has 0 aliphatic heterocycles. The molecule has 0 amide bonds. The standard InChI is InChI=1S/C7H16N2.C2H7N/c1-2-3-4-5-6-9-7-8;1-3-2/h7H,2-6H2,1H3,(H2,8,9);3H,1-2H3. The summed E-state index contributed by atoms with van der Waals surface area (Å²) < 4.78 is 0. The first-order chi connectivity index (χ1) is 5.83. The third kappa shape index (κ3) is 22.7. The van der Waals surface area contributed by atoms with Gasteiger partial charge in [-0.3, -0.25) is 4.99 Å². The van der Waals surface area contributed by atoms with Crippen LogP contribution in [0.5, 0.6) is 0 Å². The van der Waals surface area contributed by atoms with Gasteiger partial charge in [-0.05, 0) is 20.5 Å². The van der Waals surface area contributed by atoms with Crippen molar-refractivity contribution >= 4 is 6.34 Å². The van der Waals surface area contributed by atoms with Gasteiger partial charge in [0.1, 0.15) is 0 Å². The van der Waals surface area contributed by atoms with Crippen LogP contribution < -0.4 is 11.1 Å². The number of aliphatic imine (C=N–C) groups is 1. The van der Waals surface area contributed by atoms with Crippen LogP contribution in [0.25, 0.3) is 0 Å². The van der Waals surface area contributed by atoms with Crippen LogP contribution in [0, 0.1) is 0 Å². The number of unbranched alkanes of at least 4 members (excludes halogenated alkanes) is 3. The quantitative estimate of drug-likeness (QED) is 0.375. The van der Waals surface area contributed by atoms with Crippen molar-refractivity contribution in [3.63, 3.8) is 0 Å². The zero-order valence-electron chi connectivity index (χ0n) is 8.64. The zero-order chi connectivity index (χ0) is 9.66. The van der Waals surface area contributed by atoms with Gasteiger partial charge in [0.05, 0.1) is 6.34 Å². The molecule has 74 valence electrons. The third-order valence-electron chi connectivity index (χ3n) is 1.25. The molecule has 0 aromatic carbocycles. The highest BCUT2D eigenvalue weighted by Crippen LogP contribution is 1.97. The molecule has 3 N–H and O–H groups in total. The maximum Gasteiger partial charge on any atom is 0.0797 e. The minimum Gasteiger partial charge on any atom is -0.390 e. The Labute approximate surface area is 76.4 Å². The summed E-state index contributed by atoms with van der Waals surface area (Å²) in [7, 11) is 3.75. The van der Waals surface area contributed by atoms with E-state index in [1.807, 2.05) is 14.1 Å². The van der Waals surface area contributed by atoms with Gasteiger partial charge in [0.2, 0.25) is 0 Å². The molecular formula is C9H23N3. The van der Waals surface area contributed by atoms with Gasteiger partial charge in [0, 0.05) is 6.54 Å². The predicted molar refractivity (Wildman–Crippen MR) is 56.7 cm³/mol. The molecule has 0 bridgehead atoms. The summed E-state index contributed by atoms with van der Waals surface area (Å²) in [6.07, 6.45) is 6.45. The molecule has 0 rings (SSSR count). The normalized spacial score (nSPS) is 9.58. The van der Waals surface area contributed by atoms with Crippen molar-refractivity contribution in [2.24, 2.45) is 10.7 Å². The third-order valence-corrected chi connectivity index (χ3v) is 1.25. The SMILES string of the molecule is CCCCCCN=CN.CNC. The van der Waals surface area contributed by atoms with E-state index >= 15 is 0 Å². The average molecular weight is 173 g/mol. The summed E-state index contributed by atoms with van der Waals surface area (Å²) >= 11 is 0. The van der Waals surface area contributed by atoms with Crippen molar-refractivity contribution in [2.75, 3.05) is 20.6 Å². The summed E-state index contributed by atoms with van der Waals surface area (Å²) in [6.45, 7) is 3.10. The molecule has 0 saturated heterocycles. The molecule has 0 aromatic rings. The van der Waals surface area contributed by atoms with Crippen molar-refractivity contribution < 1.29 is 0 Å². The molecular weight excluding hydrogens is 150 g/mol. The van der Waals surface area contributed by atoms with Crippen LogP contribution in [0.3, 0.4) is 0 Å². The first kappa shape index (κ1) is 14.0. The van der Waals surface area contributed by atoms with Gasteiger partial charge in [0.25, 0.3) is 0 Å². The van der Waals surface area contributed by atoms with E-state index in [2.05, 4.69) is 17.2 Å². The van der Waals surface area contributed by atoms with Gasteiger partial charge in [-0.15, -0.1) is 0 Å². The van der Waals surface area contributed by atoms with Crippen molar-refractivity contribution in [1.29, 1.82) is 0 Å².